The number of hydrogen-bond donors (Lipinski definition) is 2. The summed E-state index contributed by atoms with van der Waals surface area (Å²) < 4.78 is 0. The normalized spacial score (nSPS) is 13.7. The zero-order chi connectivity index (χ0) is 14.5. The van der Waals surface area contributed by atoms with Gasteiger partial charge in [-0.3, -0.25) is 9.59 Å². The zero-order valence-corrected chi connectivity index (χ0v) is 12.5. The summed E-state index contributed by atoms with van der Waals surface area (Å²) in [7, 11) is 0. The Kier molecular flexibility index (Phi) is 4.92. The van der Waals surface area contributed by atoms with Gasteiger partial charge >= 0.3 is 5.97 Å². The van der Waals surface area contributed by atoms with Gasteiger partial charge in [0.2, 0.25) is 5.91 Å². The van der Waals surface area contributed by atoms with Gasteiger partial charge in [-0.2, -0.15) is 0 Å². The molecule has 2 aromatic rings. The largest absolute Gasteiger partial charge is 0.481 e. The predicted molar refractivity (Wildman–Crippen MR) is 80.2 cm³/mol. The van der Waals surface area contributed by atoms with Gasteiger partial charge in [-0.05, 0) is 29.8 Å². The molecular weight excluding hydrogens is 294 g/mol. The first-order chi connectivity index (χ1) is 9.58. The van der Waals surface area contributed by atoms with Crippen molar-refractivity contribution in [2.75, 3.05) is 0 Å². The molecule has 0 aromatic carbocycles. The third kappa shape index (κ3) is 3.68. The lowest BCUT2D eigenvalue weighted by atomic mass is 10.1. The van der Waals surface area contributed by atoms with E-state index in [1.165, 1.54) is 22.7 Å². The first-order valence-corrected chi connectivity index (χ1v) is 7.93. The van der Waals surface area contributed by atoms with Crippen LogP contribution in [0.1, 0.15) is 35.1 Å². The standard InChI is InChI=1S/C14H15NO3S2/c1-9(11-4-2-6-19-11)14(18)15-10(8-13(16)17)12-5-3-7-20-12/h2-7,9-10H,8H2,1H3,(H,15,18)(H,16,17)/t9-,10+/m1/s1. The van der Waals surface area contributed by atoms with Crippen molar-refractivity contribution in [2.24, 2.45) is 0 Å². The Morgan fingerprint density at radius 3 is 2.30 bits per heavy atom. The maximum absolute atomic E-state index is 12.2. The lowest BCUT2D eigenvalue weighted by Crippen LogP contribution is -2.32. The molecule has 0 fully saturated rings. The average Bonchev–Trinajstić information content (AvgIpc) is 3.09. The van der Waals surface area contributed by atoms with Gasteiger partial charge in [-0.15, -0.1) is 22.7 Å². The summed E-state index contributed by atoms with van der Waals surface area (Å²) in [5, 5.41) is 15.6. The van der Waals surface area contributed by atoms with E-state index < -0.39 is 12.0 Å². The fraction of sp³-hybridized carbons (Fsp3) is 0.286. The molecule has 2 aromatic heterocycles. The van der Waals surface area contributed by atoms with E-state index in [0.717, 1.165) is 9.75 Å². The minimum absolute atomic E-state index is 0.108. The maximum atomic E-state index is 12.2. The highest BCUT2D eigenvalue weighted by Gasteiger charge is 2.23. The fourth-order valence-corrected chi connectivity index (χ4v) is 3.41. The van der Waals surface area contributed by atoms with Crippen molar-refractivity contribution >= 4 is 34.6 Å². The smallest absolute Gasteiger partial charge is 0.305 e. The van der Waals surface area contributed by atoms with Gasteiger partial charge in [-0.1, -0.05) is 12.1 Å². The number of carbonyl (C=O) groups excluding carboxylic acids is 1. The van der Waals surface area contributed by atoms with E-state index in [9.17, 15) is 9.59 Å². The maximum Gasteiger partial charge on any atom is 0.305 e. The Labute approximate surface area is 125 Å². The summed E-state index contributed by atoms with van der Waals surface area (Å²) in [6.45, 7) is 1.83. The molecule has 2 atom stereocenters. The van der Waals surface area contributed by atoms with Crippen LogP contribution in [0, 0.1) is 0 Å². The highest BCUT2D eigenvalue weighted by atomic mass is 32.1. The first-order valence-electron chi connectivity index (χ1n) is 6.17. The lowest BCUT2D eigenvalue weighted by molar-refractivity contribution is -0.137. The summed E-state index contributed by atoms with van der Waals surface area (Å²) in [4.78, 5) is 25.0. The Balaban J connectivity index is 2.07. The zero-order valence-electron chi connectivity index (χ0n) is 10.9. The molecule has 6 heteroatoms. The predicted octanol–water partition coefficient (Wildman–Crippen LogP) is 3.25. The number of amides is 1. The second-order valence-corrected chi connectivity index (χ2v) is 6.37. The topological polar surface area (TPSA) is 66.4 Å². The number of aliphatic carboxylic acids is 1. The Hall–Kier alpha value is -1.66. The molecule has 0 aliphatic carbocycles. The van der Waals surface area contributed by atoms with Crippen molar-refractivity contribution in [3.05, 3.63) is 44.8 Å². The van der Waals surface area contributed by atoms with Crippen molar-refractivity contribution in [1.29, 1.82) is 0 Å². The van der Waals surface area contributed by atoms with Gasteiger partial charge in [0.05, 0.1) is 18.4 Å². The van der Waals surface area contributed by atoms with E-state index in [2.05, 4.69) is 5.32 Å². The molecule has 0 radical (unpaired) electrons. The summed E-state index contributed by atoms with van der Waals surface area (Å²) >= 11 is 2.97. The number of carboxylic acid groups (broad SMARTS) is 1. The number of carbonyl (C=O) groups is 2. The van der Waals surface area contributed by atoms with Crippen LogP contribution in [0.3, 0.4) is 0 Å². The molecule has 20 heavy (non-hydrogen) atoms. The first kappa shape index (κ1) is 14.7. The van der Waals surface area contributed by atoms with Crippen molar-refractivity contribution in [3.63, 3.8) is 0 Å². The van der Waals surface area contributed by atoms with Crippen LogP contribution in [-0.4, -0.2) is 17.0 Å². The van der Waals surface area contributed by atoms with Crippen LogP contribution in [0.4, 0.5) is 0 Å². The molecule has 1 amide bonds. The van der Waals surface area contributed by atoms with E-state index >= 15 is 0 Å². The van der Waals surface area contributed by atoms with Crippen molar-refractivity contribution < 1.29 is 14.7 Å². The molecule has 0 saturated carbocycles. The highest BCUT2D eigenvalue weighted by molar-refractivity contribution is 7.10. The van der Waals surface area contributed by atoms with Gasteiger partial charge in [-0.25, -0.2) is 0 Å². The minimum atomic E-state index is -0.924. The summed E-state index contributed by atoms with van der Waals surface area (Å²) in [6.07, 6.45) is -0.108. The quantitative estimate of drug-likeness (QED) is 0.861. The summed E-state index contributed by atoms with van der Waals surface area (Å²) in [6, 6.07) is 7.03. The third-order valence-corrected chi connectivity index (χ3v) is 4.99. The van der Waals surface area contributed by atoms with Crippen LogP contribution in [0.5, 0.6) is 0 Å². The molecular formula is C14H15NO3S2. The van der Waals surface area contributed by atoms with Crippen molar-refractivity contribution in [2.45, 2.75) is 25.3 Å². The second-order valence-electron chi connectivity index (χ2n) is 4.41. The van der Waals surface area contributed by atoms with Gasteiger partial charge < -0.3 is 10.4 Å². The molecule has 0 bridgehead atoms. The number of thiophene rings is 2. The van der Waals surface area contributed by atoms with Crippen molar-refractivity contribution in [1.82, 2.24) is 5.32 Å². The molecule has 0 unspecified atom stereocenters. The molecule has 0 aliphatic rings. The van der Waals surface area contributed by atoms with Crippen LogP contribution < -0.4 is 5.32 Å². The number of rotatable bonds is 6. The van der Waals surface area contributed by atoms with Gasteiger partial charge in [0, 0.05) is 9.75 Å². The average molecular weight is 309 g/mol. The van der Waals surface area contributed by atoms with Crippen LogP contribution in [0.25, 0.3) is 0 Å². The molecule has 2 heterocycles. The van der Waals surface area contributed by atoms with E-state index in [0.29, 0.717) is 0 Å². The van der Waals surface area contributed by atoms with Gasteiger partial charge in [0.25, 0.3) is 0 Å². The number of carboxylic acids is 1. The summed E-state index contributed by atoms with van der Waals surface area (Å²) in [5.41, 5.74) is 0. The van der Waals surface area contributed by atoms with Crippen LogP contribution in [0.15, 0.2) is 35.0 Å². The number of hydrogen-bond acceptors (Lipinski definition) is 4. The fourth-order valence-electron chi connectivity index (χ4n) is 1.85. The highest BCUT2D eigenvalue weighted by Crippen LogP contribution is 2.25. The Bertz CT molecular complexity index is 563. The van der Waals surface area contributed by atoms with Crippen LogP contribution >= 0.6 is 22.7 Å². The molecule has 2 rings (SSSR count). The SMILES string of the molecule is C[C@@H](C(=O)N[C@@H](CC(=O)O)c1cccs1)c1cccs1. The van der Waals surface area contributed by atoms with E-state index in [1.54, 1.807) is 0 Å². The summed E-state index contributed by atoms with van der Waals surface area (Å²) in [5.74, 6) is -1.34. The Morgan fingerprint density at radius 1 is 1.20 bits per heavy atom. The molecule has 0 saturated heterocycles. The molecule has 106 valence electrons. The van der Waals surface area contributed by atoms with E-state index in [1.807, 2.05) is 41.9 Å². The molecule has 0 aliphatic heterocycles. The Morgan fingerprint density at radius 2 is 1.80 bits per heavy atom. The molecule has 4 nitrogen and oxygen atoms in total. The van der Waals surface area contributed by atoms with Gasteiger partial charge in [0.15, 0.2) is 0 Å². The van der Waals surface area contributed by atoms with E-state index in [-0.39, 0.29) is 18.2 Å². The second kappa shape index (κ2) is 6.67. The lowest BCUT2D eigenvalue weighted by Gasteiger charge is -2.18. The van der Waals surface area contributed by atoms with Crippen molar-refractivity contribution in [3.8, 4) is 0 Å². The molecule has 2 N–H and O–H groups in total. The van der Waals surface area contributed by atoms with Crippen LogP contribution in [-0.2, 0) is 9.59 Å². The minimum Gasteiger partial charge on any atom is -0.481 e. The van der Waals surface area contributed by atoms with Gasteiger partial charge in [0.1, 0.15) is 0 Å². The molecule has 0 spiro atoms. The third-order valence-electron chi connectivity index (χ3n) is 2.95. The number of nitrogens with one attached hydrogen (secondary N) is 1. The monoisotopic (exact) mass is 309 g/mol. The van der Waals surface area contributed by atoms with E-state index in [4.69, 9.17) is 5.11 Å². The van der Waals surface area contributed by atoms with Crippen LogP contribution in [0.2, 0.25) is 0 Å².